The number of aromatic nitrogens is 1. The maximum absolute atomic E-state index is 10.5. The first-order valence-corrected chi connectivity index (χ1v) is 3.12. The van der Waals surface area contributed by atoms with E-state index in [0.29, 0.717) is 5.88 Å². The lowest BCUT2D eigenvalue weighted by molar-refractivity contribution is 0.0693. The quantitative estimate of drug-likeness (QED) is 0.670. The lowest BCUT2D eigenvalue weighted by Crippen LogP contribution is -1.97. The monoisotopic (exact) mass is 155 g/mol. The Labute approximate surface area is 63.8 Å². The van der Waals surface area contributed by atoms with Gasteiger partial charge >= 0.3 is 5.97 Å². The lowest BCUT2D eigenvalue weighted by atomic mass is 10.3. The van der Waals surface area contributed by atoms with Gasteiger partial charge in [-0.15, -0.1) is 0 Å². The van der Waals surface area contributed by atoms with Crippen LogP contribution in [0.1, 0.15) is 16.1 Å². The molecular weight excluding hydrogens is 146 g/mol. The second-order valence-electron chi connectivity index (χ2n) is 2.20. The van der Waals surface area contributed by atoms with Crippen molar-refractivity contribution in [2.45, 2.75) is 6.92 Å². The molecule has 0 radical (unpaired) electrons. The molecule has 0 fully saturated rings. The molecule has 0 spiro atoms. The van der Waals surface area contributed by atoms with Crippen LogP contribution in [0.3, 0.4) is 0 Å². The zero-order valence-electron chi connectivity index (χ0n) is 6.34. The van der Waals surface area contributed by atoms with E-state index in [0.717, 1.165) is 5.69 Å². The molecule has 2 N–H and O–H groups in total. The number of aromatic carboxylic acids is 1. The highest BCUT2D eigenvalue weighted by atomic mass is 16.5. The maximum atomic E-state index is 10.5. The number of aryl methyl sites for hydroxylation is 1. The average Bonchev–Trinajstić information content (AvgIpc) is 2.30. The Bertz CT molecular complexity index is 277. The van der Waals surface area contributed by atoms with Crippen molar-refractivity contribution in [1.29, 1.82) is 0 Å². The van der Waals surface area contributed by atoms with Crippen molar-refractivity contribution in [2.75, 3.05) is 7.11 Å². The molecule has 0 saturated carbocycles. The summed E-state index contributed by atoms with van der Waals surface area (Å²) in [4.78, 5) is 13.3. The largest absolute Gasteiger partial charge is 0.482 e. The van der Waals surface area contributed by atoms with Gasteiger partial charge in [-0.3, -0.25) is 0 Å². The molecular formula is C7H9NO3. The summed E-state index contributed by atoms with van der Waals surface area (Å²) in [5.74, 6) is -0.679. The van der Waals surface area contributed by atoms with Crippen LogP contribution in [0.15, 0.2) is 6.07 Å². The number of H-pyrrole nitrogens is 1. The van der Waals surface area contributed by atoms with Gasteiger partial charge in [0.2, 0.25) is 5.88 Å². The summed E-state index contributed by atoms with van der Waals surface area (Å²) in [5.41, 5.74) is 0.948. The number of nitrogens with one attached hydrogen (secondary N) is 1. The molecule has 0 aliphatic carbocycles. The van der Waals surface area contributed by atoms with Crippen LogP contribution >= 0.6 is 0 Å². The number of hydrogen-bond acceptors (Lipinski definition) is 2. The van der Waals surface area contributed by atoms with Crippen LogP contribution in [-0.4, -0.2) is 23.2 Å². The Kier molecular flexibility index (Phi) is 1.85. The molecule has 0 unspecified atom stereocenters. The highest BCUT2D eigenvalue weighted by Gasteiger charge is 2.12. The molecule has 1 heterocycles. The van der Waals surface area contributed by atoms with Gasteiger partial charge in [0.05, 0.1) is 7.11 Å². The standard InChI is InChI=1S/C7H9NO3/c1-4-3-5(7(9)10)6(8-4)11-2/h3,8H,1-2H3,(H,9,10). The Hall–Kier alpha value is -1.45. The van der Waals surface area contributed by atoms with Crippen LogP contribution < -0.4 is 4.74 Å². The minimum absolute atomic E-state index is 0.171. The normalized spacial score (nSPS) is 9.64. The van der Waals surface area contributed by atoms with E-state index in [9.17, 15) is 4.79 Å². The molecule has 0 atom stereocenters. The zero-order chi connectivity index (χ0) is 8.43. The molecule has 4 nitrogen and oxygen atoms in total. The Balaban J connectivity index is 3.12. The van der Waals surface area contributed by atoms with E-state index in [4.69, 9.17) is 9.84 Å². The molecule has 0 aliphatic heterocycles. The Morgan fingerprint density at radius 2 is 2.36 bits per heavy atom. The van der Waals surface area contributed by atoms with Crippen molar-refractivity contribution < 1.29 is 14.6 Å². The number of aromatic amines is 1. The zero-order valence-corrected chi connectivity index (χ0v) is 6.34. The van der Waals surface area contributed by atoms with Crippen LogP contribution in [0.4, 0.5) is 0 Å². The predicted octanol–water partition coefficient (Wildman–Crippen LogP) is 1.03. The molecule has 11 heavy (non-hydrogen) atoms. The summed E-state index contributed by atoms with van der Waals surface area (Å²) in [5, 5.41) is 8.61. The first kappa shape index (κ1) is 7.65. The molecule has 4 heteroatoms. The summed E-state index contributed by atoms with van der Waals surface area (Å²) >= 11 is 0. The van der Waals surface area contributed by atoms with Crippen LogP contribution in [0, 0.1) is 6.92 Å². The van der Waals surface area contributed by atoms with Crippen molar-refractivity contribution in [3.63, 3.8) is 0 Å². The van der Waals surface area contributed by atoms with Crippen LogP contribution in [0.25, 0.3) is 0 Å². The van der Waals surface area contributed by atoms with Crippen LogP contribution in [0.2, 0.25) is 0 Å². The molecule has 1 aromatic heterocycles. The molecule has 0 saturated heterocycles. The van der Waals surface area contributed by atoms with Gasteiger partial charge in [0.25, 0.3) is 0 Å². The number of carbonyl (C=O) groups is 1. The second kappa shape index (κ2) is 2.65. The van der Waals surface area contributed by atoms with E-state index in [1.54, 1.807) is 6.92 Å². The van der Waals surface area contributed by atoms with E-state index in [1.165, 1.54) is 13.2 Å². The first-order chi connectivity index (χ1) is 5.15. The third-order valence-electron chi connectivity index (χ3n) is 1.35. The number of methoxy groups -OCH3 is 1. The van der Waals surface area contributed by atoms with Gasteiger partial charge in [-0.25, -0.2) is 4.79 Å². The molecule has 0 aliphatic rings. The third kappa shape index (κ3) is 1.34. The van der Waals surface area contributed by atoms with Crippen molar-refractivity contribution in [3.8, 4) is 5.88 Å². The number of hydrogen-bond donors (Lipinski definition) is 2. The average molecular weight is 155 g/mol. The van der Waals surface area contributed by atoms with Gasteiger partial charge in [0.1, 0.15) is 5.56 Å². The van der Waals surface area contributed by atoms with Crippen LogP contribution in [-0.2, 0) is 0 Å². The summed E-state index contributed by atoms with van der Waals surface area (Å²) < 4.78 is 4.79. The van der Waals surface area contributed by atoms with Gasteiger partial charge in [-0.05, 0) is 13.0 Å². The maximum Gasteiger partial charge on any atom is 0.341 e. The van der Waals surface area contributed by atoms with Crippen molar-refractivity contribution in [3.05, 3.63) is 17.3 Å². The van der Waals surface area contributed by atoms with Gasteiger partial charge in [0, 0.05) is 5.69 Å². The topological polar surface area (TPSA) is 62.3 Å². The Morgan fingerprint density at radius 3 is 2.73 bits per heavy atom. The van der Waals surface area contributed by atoms with E-state index in [-0.39, 0.29) is 5.56 Å². The van der Waals surface area contributed by atoms with Gasteiger partial charge in [-0.1, -0.05) is 0 Å². The fourth-order valence-corrected chi connectivity index (χ4v) is 0.884. The van der Waals surface area contributed by atoms with Crippen LogP contribution in [0.5, 0.6) is 5.88 Å². The molecule has 0 aromatic carbocycles. The van der Waals surface area contributed by atoms with E-state index in [2.05, 4.69) is 4.98 Å². The Morgan fingerprint density at radius 1 is 1.73 bits per heavy atom. The summed E-state index contributed by atoms with van der Waals surface area (Å²) in [6.07, 6.45) is 0. The molecule has 1 rings (SSSR count). The molecule has 0 bridgehead atoms. The van der Waals surface area contributed by atoms with Gasteiger partial charge in [0.15, 0.2) is 0 Å². The van der Waals surface area contributed by atoms with Crippen molar-refractivity contribution in [2.24, 2.45) is 0 Å². The number of rotatable bonds is 2. The lowest BCUT2D eigenvalue weighted by Gasteiger charge is -1.95. The third-order valence-corrected chi connectivity index (χ3v) is 1.35. The number of carboxylic acids is 1. The van der Waals surface area contributed by atoms with Crippen molar-refractivity contribution >= 4 is 5.97 Å². The summed E-state index contributed by atoms with van der Waals surface area (Å²) in [6.45, 7) is 1.77. The fraction of sp³-hybridized carbons (Fsp3) is 0.286. The highest BCUT2D eigenvalue weighted by Crippen LogP contribution is 2.17. The molecule has 0 amide bonds. The summed E-state index contributed by atoms with van der Waals surface area (Å²) in [6, 6.07) is 1.53. The second-order valence-corrected chi connectivity index (χ2v) is 2.20. The van der Waals surface area contributed by atoms with Gasteiger partial charge in [-0.2, -0.15) is 0 Å². The van der Waals surface area contributed by atoms with Gasteiger partial charge < -0.3 is 14.8 Å². The highest BCUT2D eigenvalue weighted by molar-refractivity contribution is 5.90. The van der Waals surface area contributed by atoms with E-state index in [1.807, 2.05) is 0 Å². The smallest absolute Gasteiger partial charge is 0.341 e. The summed E-state index contributed by atoms with van der Waals surface area (Å²) in [7, 11) is 1.43. The predicted molar refractivity (Wildman–Crippen MR) is 39.0 cm³/mol. The van der Waals surface area contributed by atoms with Crippen molar-refractivity contribution in [1.82, 2.24) is 4.98 Å². The fourth-order valence-electron chi connectivity index (χ4n) is 0.884. The minimum atomic E-state index is -0.980. The number of carboxylic acid groups (broad SMARTS) is 1. The minimum Gasteiger partial charge on any atom is -0.482 e. The molecule has 60 valence electrons. The van der Waals surface area contributed by atoms with E-state index >= 15 is 0 Å². The SMILES string of the molecule is COc1[nH]c(C)cc1C(=O)O. The van der Waals surface area contributed by atoms with E-state index < -0.39 is 5.97 Å². The molecule has 1 aromatic rings. The number of ether oxygens (including phenoxy) is 1. The first-order valence-electron chi connectivity index (χ1n) is 3.12.